The SMILES string of the molecule is CC1(C)/C(=C\S(=O)(=O)O)C2CCC1C2.[Na+]. The van der Waals surface area contributed by atoms with Crippen molar-refractivity contribution >= 4 is 10.1 Å². The van der Waals surface area contributed by atoms with Gasteiger partial charge >= 0.3 is 29.6 Å². The molecule has 0 aromatic heterocycles. The van der Waals surface area contributed by atoms with E-state index in [4.69, 9.17) is 4.55 Å². The van der Waals surface area contributed by atoms with Crippen LogP contribution in [-0.2, 0) is 10.1 Å². The minimum atomic E-state index is -3.96. The Kier molecular flexibility index (Phi) is 3.79. The van der Waals surface area contributed by atoms with Crippen LogP contribution < -0.4 is 29.6 Å². The third kappa shape index (κ3) is 2.50. The molecule has 2 unspecified atom stereocenters. The third-order valence-electron chi connectivity index (χ3n) is 3.91. The molecule has 0 radical (unpaired) electrons. The van der Waals surface area contributed by atoms with E-state index < -0.39 is 10.1 Å². The van der Waals surface area contributed by atoms with Crippen molar-refractivity contribution < 1.29 is 42.5 Å². The summed E-state index contributed by atoms with van der Waals surface area (Å²) in [5.74, 6) is 0.984. The maximum Gasteiger partial charge on any atom is 1.00 e. The van der Waals surface area contributed by atoms with Gasteiger partial charge in [0.1, 0.15) is 0 Å². The van der Waals surface area contributed by atoms with Crippen LogP contribution in [0.5, 0.6) is 0 Å². The first-order valence-corrected chi connectivity index (χ1v) is 6.50. The standard InChI is InChI=1S/C10H16O3S.Na/c1-10(2)8-4-3-7(5-8)9(10)6-14(11,12)13;/h6-8H,3-5H2,1-2H3,(H,11,12,13);/q;+1/b9-6-;. The Morgan fingerprint density at radius 3 is 2.40 bits per heavy atom. The second-order valence-electron chi connectivity index (χ2n) is 5.02. The van der Waals surface area contributed by atoms with Gasteiger partial charge in [-0.15, -0.1) is 0 Å². The molecule has 2 atom stereocenters. The van der Waals surface area contributed by atoms with Crippen molar-refractivity contribution in [3.8, 4) is 0 Å². The predicted octanol–water partition coefficient (Wildman–Crippen LogP) is -0.782. The van der Waals surface area contributed by atoms with Gasteiger partial charge in [-0.1, -0.05) is 13.8 Å². The Morgan fingerprint density at radius 2 is 2.00 bits per heavy atom. The number of hydrogen-bond donors (Lipinski definition) is 1. The first-order chi connectivity index (χ1) is 6.31. The molecule has 0 saturated heterocycles. The van der Waals surface area contributed by atoms with Gasteiger partial charge in [0.05, 0.1) is 5.41 Å². The van der Waals surface area contributed by atoms with Gasteiger partial charge in [0, 0.05) is 0 Å². The quantitative estimate of drug-likeness (QED) is 0.482. The predicted molar refractivity (Wildman–Crippen MR) is 54.2 cm³/mol. The maximum absolute atomic E-state index is 10.8. The summed E-state index contributed by atoms with van der Waals surface area (Å²) in [5.41, 5.74) is 0.884. The molecule has 0 spiro atoms. The topological polar surface area (TPSA) is 54.4 Å². The van der Waals surface area contributed by atoms with E-state index in [-0.39, 0.29) is 35.0 Å². The molecule has 2 aliphatic carbocycles. The number of rotatable bonds is 1. The summed E-state index contributed by atoms with van der Waals surface area (Å²) >= 11 is 0. The van der Waals surface area contributed by atoms with Crippen LogP contribution in [0.15, 0.2) is 11.0 Å². The molecule has 2 saturated carbocycles. The molecule has 0 heterocycles. The van der Waals surface area contributed by atoms with E-state index in [1.165, 1.54) is 6.42 Å². The Labute approximate surface area is 113 Å². The zero-order valence-electron chi connectivity index (χ0n) is 9.53. The minimum Gasteiger partial charge on any atom is -0.282 e. The maximum atomic E-state index is 10.8. The van der Waals surface area contributed by atoms with Gasteiger partial charge in [-0.05, 0) is 42.1 Å². The normalized spacial score (nSPS) is 35.5. The van der Waals surface area contributed by atoms with Crippen molar-refractivity contribution in [2.24, 2.45) is 17.3 Å². The molecule has 80 valence electrons. The van der Waals surface area contributed by atoms with Crippen LogP contribution in [0, 0.1) is 17.3 Å². The van der Waals surface area contributed by atoms with Gasteiger partial charge in [0.15, 0.2) is 0 Å². The molecule has 2 fully saturated rings. The fourth-order valence-electron chi connectivity index (χ4n) is 3.09. The Hall–Kier alpha value is 0.650. The van der Waals surface area contributed by atoms with Gasteiger partial charge in [-0.25, -0.2) is 0 Å². The van der Waals surface area contributed by atoms with Crippen molar-refractivity contribution in [1.29, 1.82) is 0 Å². The fraction of sp³-hybridized carbons (Fsp3) is 0.800. The molecule has 1 N–H and O–H groups in total. The van der Waals surface area contributed by atoms with Crippen LogP contribution in [0.3, 0.4) is 0 Å². The molecular weight excluding hydrogens is 223 g/mol. The summed E-state index contributed by atoms with van der Waals surface area (Å²) in [6.45, 7) is 4.15. The average Bonchev–Trinajstić information content (AvgIpc) is 2.51. The molecule has 2 rings (SSSR count). The van der Waals surface area contributed by atoms with Gasteiger partial charge < -0.3 is 0 Å². The van der Waals surface area contributed by atoms with E-state index in [1.807, 2.05) is 0 Å². The molecule has 2 aliphatic rings. The summed E-state index contributed by atoms with van der Waals surface area (Å²) in [7, 11) is -3.96. The van der Waals surface area contributed by atoms with Crippen LogP contribution in [0.4, 0.5) is 0 Å². The molecule has 0 aliphatic heterocycles. The minimum absolute atomic E-state index is 0. The molecule has 15 heavy (non-hydrogen) atoms. The first kappa shape index (κ1) is 13.7. The summed E-state index contributed by atoms with van der Waals surface area (Å²) < 4.78 is 30.5. The van der Waals surface area contributed by atoms with Gasteiger partial charge in [-0.2, -0.15) is 8.42 Å². The van der Waals surface area contributed by atoms with E-state index in [9.17, 15) is 8.42 Å². The van der Waals surface area contributed by atoms with Crippen molar-refractivity contribution in [3.63, 3.8) is 0 Å². The third-order valence-corrected chi connectivity index (χ3v) is 4.46. The summed E-state index contributed by atoms with van der Waals surface area (Å²) in [6.07, 6.45) is 3.37. The first-order valence-electron chi connectivity index (χ1n) is 5.00. The monoisotopic (exact) mass is 239 g/mol. The number of hydrogen-bond acceptors (Lipinski definition) is 2. The molecule has 5 heteroatoms. The number of allylic oxidation sites excluding steroid dienone is 1. The molecule has 0 aromatic carbocycles. The smallest absolute Gasteiger partial charge is 0.282 e. The van der Waals surface area contributed by atoms with E-state index in [1.54, 1.807) is 0 Å². The Balaban J connectivity index is 0.00000112. The van der Waals surface area contributed by atoms with E-state index in [0.717, 1.165) is 23.8 Å². The largest absolute Gasteiger partial charge is 1.00 e. The van der Waals surface area contributed by atoms with E-state index in [2.05, 4.69) is 13.8 Å². The van der Waals surface area contributed by atoms with Crippen LogP contribution in [-0.4, -0.2) is 13.0 Å². The van der Waals surface area contributed by atoms with Gasteiger partial charge in [-0.3, -0.25) is 4.55 Å². The number of fused-ring (bicyclic) bond motifs is 2. The van der Waals surface area contributed by atoms with E-state index in [0.29, 0.717) is 11.8 Å². The molecular formula is C10H16NaO3S+. The molecule has 0 aromatic rings. The van der Waals surface area contributed by atoms with Crippen molar-refractivity contribution in [3.05, 3.63) is 11.0 Å². The van der Waals surface area contributed by atoms with Gasteiger partial charge in [0.2, 0.25) is 0 Å². The second kappa shape index (κ2) is 4.15. The van der Waals surface area contributed by atoms with Crippen LogP contribution >= 0.6 is 0 Å². The van der Waals surface area contributed by atoms with Crippen LogP contribution in [0.25, 0.3) is 0 Å². The molecule has 3 nitrogen and oxygen atoms in total. The van der Waals surface area contributed by atoms with Crippen LogP contribution in [0.1, 0.15) is 33.1 Å². The fourth-order valence-corrected chi connectivity index (χ4v) is 3.91. The second-order valence-corrected chi connectivity index (χ2v) is 6.28. The van der Waals surface area contributed by atoms with Crippen LogP contribution in [0.2, 0.25) is 0 Å². The summed E-state index contributed by atoms with van der Waals surface area (Å²) in [6, 6.07) is 0. The summed E-state index contributed by atoms with van der Waals surface area (Å²) in [4.78, 5) is 0. The van der Waals surface area contributed by atoms with Gasteiger partial charge in [0.25, 0.3) is 10.1 Å². The Morgan fingerprint density at radius 1 is 1.40 bits per heavy atom. The molecule has 0 amide bonds. The van der Waals surface area contributed by atoms with Crippen molar-refractivity contribution in [1.82, 2.24) is 0 Å². The zero-order valence-corrected chi connectivity index (χ0v) is 12.3. The average molecular weight is 239 g/mol. The Bertz CT molecular complexity index is 383. The molecule has 2 bridgehead atoms. The zero-order chi connectivity index (χ0) is 10.6. The summed E-state index contributed by atoms with van der Waals surface area (Å²) in [5, 5.41) is 1.08. The van der Waals surface area contributed by atoms with E-state index >= 15 is 0 Å². The van der Waals surface area contributed by atoms with Crippen molar-refractivity contribution in [2.45, 2.75) is 33.1 Å². The van der Waals surface area contributed by atoms with Crippen molar-refractivity contribution in [2.75, 3.05) is 0 Å².